The summed E-state index contributed by atoms with van der Waals surface area (Å²) in [4.78, 5) is 50.3. The van der Waals surface area contributed by atoms with E-state index >= 15 is 0 Å². The Morgan fingerprint density at radius 3 is 2.35 bits per heavy atom. The number of esters is 4. The number of aliphatic hydroxyl groups is 1. The Balaban J connectivity index is 2.32. The van der Waals surface area contributed by atoms with Gasteiger partial charge in [0.25, 0.3) is 0 Å². The fraction of sp³-hybridized carbons (Fsp3) is 0.714. The maximum Gasteiger partial charge on any atom is 0.312 e. The van der Waals surface area contributed by atoms with Crippen molar-refractivity contribution in [1.82, 2.24) is 0 Å². The van der Waals surface area contributed by atoms with Gasteiger partial charge in [-0.1, -0.05) is 31.1 Å². The predicted octanol–water partition coefficient (Wildman–Crippen LogP) is 3.57. The van der Waals surface area contributed by atoms with E-state index in [1.165, 1.54) is 13.8 Å². The van der Waals surface area contributed by atoms with Crippen LogP contribution in [0, 0.1) is 17.3 Å². The molecular weight excluding hydrogens is 480 g/mol. The summed E-state index contributed by atoms with van der Waals surface area (Å²) in [6, 6.07) is 0. The smallest absolute Gasteiger partial charge is 0.312 e. The lowest BCUT2D eigenvalue weighted by Gasteiger charge is -2.54. The van der Waals surface area contributed by atoms with Gasteiger partial charge < -0.3 is 24.1 Å². The van der Waals surface area contributed by atoms with Crippen molar-refractivity contribution >= 4 is 23.9 Å². The fourth-order valence-corrected chi connectivity index (χ4v) is 6.27. The van der Waals surface area contributed by atoms with Crippen molar-refractivity contribution in [1.29, 1.82) is 0 Å². The van der Waals surface area contributed by atoms with Crippen molar-refractivity contribution in [3.05, 3.63) is 23.3 Å². The molecule has 9 nitrogen and oxygen atoms in total. The van der Waals surface area contributed by atoms with Crippen LogP contribution < -0.4 is 0 Å². The van der Waals surface area contributed by atoms with Gasteiger partial charge in [0.2, 0.25) is 0 Å². The number of carbonyl (C=O) groups is 4. The van der Waals surface area contributed by atoms with Crippen LogP contribution in [0.15, 0.2) is 23.3 Å². The number of rotatable bonds is 5. The van der Waals surface area contributed by atoms with Crippen LogP contribution in [0.1, 0.15) is 80.6 Å². The molecule has 0 unspecified atom stereocenters. The molecule has 8 atom stereocenters. The van der Waals surface area contributed by atoms with E-state index in [2.05, 4.69) is 0 Å². The zero-order valence-electron chi connectivity index (χ0n) is 22.9. The van der Waals surface area contributed by atoms with Gasteiger partial charge in [-0.05, 0) is 46.1 Å². The largest absolute Gasteiger partial charge is 0.462 e. The first kappa shape index (κ1) is 28.9. The highest BCUT2D eigenvalue weighted by Gasteiger charge is 2.67. The molecule has 1 N–H and O–H groups in total. The third kappa shape index (κ3) is 5.33. The molecule has 0 aromatic heterocycles. The summed E-state index contributed by atoms with van der Waals surface area (Å²) >= 11 is 0. The molecule has 2 aliphatic carbocycles. The van der Waals surface area contributed by atoms with Gasteiger partial charge in [-0.25, -0.2) is 0 Å². The second-order valence-electron chi connectivity index (χ2n) is 10.9. The molecule has 0 saturated carbocycles. The molecule has 0 spiro atoms. The van der Waals surface area contributed by atoms with Crippen molar-refractivity contribution in [2.75, 3.05) is 0 Å². The first-order chi connectivity index (χ1) is 17.3. The third-order valence-electron chi connectivity index (χ3n) is 8.27. The van der Waals surface area contributed by atoms with Gasteiger partial charge >= 0.3 is 23.9 Å². The summed E-state index contributed by atoms with van der Waals surface area (Å²) in [5.74, 6) is -3.91. The van der Waals surface area contributed by atoms with Gasteiger partial charge in [-0.3, -0.25) is 19.2 Å². The molecule has 0 aromatic carbocycles. The monoisotopic (exact) mass is 520 g/mol. The van der Waals surface area contributed by atoms with Crippen LogP contribution >= 0.6 is 0 Å². The van der Waals surface area contributed by atoms with Crippen LogP contribution in [0.3, 0.4) is 0 Å². The molecule has 0 bridgehead atoms. The van der Waals surface area contributed by atoms with E-state index in [0.717, 1.165) is 11.1 Å². The Labute approximate surface area is 218 Å². The average Bonchev–Trinajstić information content (AvgIpc) is 3.01. The van der Waals surface area contributed by atoms with Crippen LogP contribution in [0.25, 0.3) is 0 Å². The van der Waals surface area contributed by atoms with E-state index in [0.29, 0.717) is 25.7 Å². The van der Waals surface area contributed by atoms with Crippen molar-refractivity contribution in [3.63, 3.8) is 0 Å². The van der Waals surface area contributed by atoms with Gasteiger partial charge in [0.15, 0.2) is 11.7 Å². The quantitative estimate of drug-likeness (QED) is 0.329. The lowest BCUT2D eigenvalue weighted by atomic mass is 9.56. The summed E-state index contributed by atoms with van der Waals surface area (Å²) in [6.07, 6.45) is 1.85. The highest BCUT2D eigenvalue weighted by atomic mass is 16.6. The van der Waals surface area contributed by atoms with Crippen molar-refractivity contribution in [3.8, 4) is 0 Å². The normalized spacial score (nSPS) is 39.1. The van der Waals surface area contributed by atoms with E-state index in [1.54, 1.807) is 13.0 Å². The topological polar surface area (TPSA) is 125 Å². The van der Waals surface area contributed by atoms with Crippen molar-refractivity contribution in [2.24, 2.45) is 17.3 Å². The van der Waals surface area contributed by atoms with Crippen LogP contribution in [-0.4, -0.2) is 59.0 Å². The number of hydrogen-bond acceptors (Lipinski definition) is 9. The Morgan fingerprint density at radius 1 is 1.11 bits per heavy atom. The van der Waals surface area contributed by atoms with E-state index in [4.69, 9.17) is 18.9 Å². The summed E-state index contributed by atoms with van der Waals surface area (Å²) in [5.41, 5.74) is -1.43. The lowest BCUT2D eigenvalue weighted by molar-refractivity contribution is -0.216. The summed E-state index contributed by atoms with van der Waals surface area (Å²) < 4.78 is 23.4. The van der Waals surface area contributed by atoms with Crippen LogP contribution in [-0.2, 0) is 38.1 Å². The molecule has 1 saturated heterocycles. The number of carbonyl (C=O) groups excluding carboxylic acids is 4. The first-order valence-electron chi connectivity index (χ1n) is 13.1. The van der Waals surface area contributed by atoms with Crippen molar-refractivity contribution < 1.29 is 43.2 Å². The predicted molar refractivity (Wildman–Crippen MR) is 133 cm³/mol. The molecule has 37 heavy (non-hydrogen) atoms. The SMILES string of the molecule is CCCC(=O)O[C@H]1CC/C(C)=C\[C@@H]2OC(=O)[C@H](C)[C@@]2(O)[C@@H](OC(C)=O)[C@H]2C(C)=CC[C@H](OC(C)=O)[C@]12C. The third-order valence-corrected chi connectivity index (χ3v) is 8.27. The molecule has 206 valence electrons. The van der Waals surface area contributed by atoms with E-state index in [-0.39, 0.29) is 12.4 Å². The minimum atomic E-state index is -1.92. The molecule has 1 fully saturated rings. The fourth-order valence-electron chi connectivity index (χ4n) is 6.27. The molecule has 1 aliphatic heterocycles. The van der Waals surface area contributed by atoms with Crippen LogP contribution in [0.2, 0.25) is 0 Å². The first-order valence-corrected chi connectivity index (χ1v) is 13.1. The van der Waals surface area contributed by atoms with Crippen LogP contribution in [0.4, 0.5) is 0 Å². The number of fused-ring (bicyclic) bond motifs is 2. The number of allylic oxidation sites excluding steroid dienone is 1. The standard InChI is InChI=1S/C28H40O9/c1-8-9-23(31)36-21-12-10-15(2)14-22-28(33,17(4)26(32)37-22)25(35-19(6)30)24-16(3)11-13-20(27(21,24)7)34-18(5)29/h11,14,17,20-22,24-25,33H,8-10,12-13H2,1-7H3/b15-14-/t17-,20-,21-,22-,24+,25-,27+,28-/m0/s1. The van der Waals surface area contributed by atoms with Gasteiger partial charge in [0, 0.05) is 32.6 Å². The summed E-state index contributed by atoms with van der Waals surface area (Å²) in [5, 5.41) is 12.3. The maximum absolute atomic E-state index is 12.8. The Kier molecular flexibility index (Phi) is 8.57. The van der Waals surface area contributed by atoms with Gasteiger partial charge in [0.1, 0.15) is 18.3 Å². The molecule has 3 aliphatic rings. The number of ether oxygens (including phenoxy) is 4. The lowest BCUT2D eigenvalue weighted by Crippen LogP contribution is -2.65. The average molecular weight is 521 g/mol. The zero-order valence-corrected chi connectivity index (χ0v) is 22.9. The molecule has 0 aromatic rings. The summed E-state index contributed by atoms with van der Waals surface area (Å²) in [7, 11) is 0. The zero-order chi connectivity index (χ0) is 27.7. The molecule has 1 heterocycles. The van der Waals surface area contributed by atoms with Gasteiger partial charge in [-0.2, -0.15) is 0 Å². The highest BCUT2D eigenvalue weighted by Crippen LogP contribution is 2.55. The molecule has 3 rings (SSSR count). The van der Waals surface area contributed by atoms with E-state index < -0.39 is 65.2 Å². The maximum atomic E-state index is 12.8. The minimum Gasteiger partial charge on any atom is -0.462 e. The van der Waals surface area contributed by atoms with E-state index in [9.17, 15) is 24.3 Å². The molecule has 0 radical (unpaired) electrons. The molecule has 0 amide bonds. The van der Waals surface area contributed by atoms with Gasteiger partial charge in [0.05, 0.1) is 11.3 Å². The molecular formula is C28H40O9. The minimum absolute atomic E-state index is 0.220. The van der Waals surface area contributed by atoms with Gasteiger partial charge in [-0.15, -0.1) is 0 Å². The Hall–Kier alpha value is -2.68. The highest BCUT2D eigenvalue weighted by molar-refractivity contribution is 5.78. The number of hydrogen-bond donors (Lipinski definition) is 1. The molecule has 9 heteroatoms. The Morgan fingerprint density at radius 2 is 1.76 bits per heavy atom. The second kappa shape index (κ2) is 11.0. The van der Waals surface area contributed by atoms with E-state index in [1.807, 2.05) is 33.8 Å². The second-order valence-corrected chi connectivity index (χ2v) is 10.9. The Bertz CT molecular complexity index is 998. The van der Waals surface area contributed by atoms with Crippen molar-refractivity contribution in [2.45, 2.75) is 111 Å². The van der Waals surface area contributed by atoms with Crippen LogP contribution in [0.5, 0.6) is 0 Å². The summed E-state index contributed by atoms with van der Waals surface area (Å²) in [6.45, 7) is 11.5.